The Morgan fingerprint density at radius 1 is 1.00 bits per heavy atom. The molecule has 0 fully saturated rings. The highest BCUT2D eigenvalue weighted by Gasteiger charge is 2.14. The zero-order valence-corrected chi connectivity index (χ0v) is 17.3. The fourth-order valence-electron chi connectivity index (χ4n) is 3.60. The second kappa shape index (κ2) is 7.60. The molecular formula is C24H22N6O. The number of carbonyl (C=O) groups excluding carboxylic acids is 1. The average molecular weight is 410 g/mol. The average Bonchev–Trinajstić information content (AvgIpc) is 3.41. The maximum absolute atomic E-state index is 12.7. The first-order valence-corrected chi connectivity index (χ1v) is 10.1. The largest absolute Gasteiger partial charge is 0.378 e. The number of carbonyl (C=O) groups is 1. The van der Waals surface area contributed by atoms with Crippen molar-refractivity contribution in [1.82, 2.24) is 25.5 Å². The number of nitrogens with zero attached hydrogens (tertiary/aromatic N) is 3. The smallest absolute Gasteiger partial charge is 0.251 e. The predicted octanol–water partition coefficient (Wildman–Crippen LogP) is 4.10. The van der Waals surface area contributed by atoms with Gasteiger partial charge < -0.3 is 15.2 Å². The van der Waals surface area contributed by atoms with E-state index in [4.69, 9.17) is 0 Å². The number of nitrogens with one attached hydrogen (secondary N) is 3. The number of aromatic nitrogens is 4. The van der Waals surface area contributed by atoms with Crippen LogP contribution in [0.3, 0.4) is 0 Å². The summed E-state index contributed by atoms with van der Waals surface area (Å²) >= 11 is 0. The number of rotatable bonds is 5. The number of anilines is 1. The van der Waals surface area contributed by atoms with Crippen molar-refractivity contribution in [2.45, 2.75) is 6.54 Å². The standard InChI is InChI=1S/C24H22N6O/c1-30(2)17-10-7-15(8-11-17)14-25-24(31)16-9-12-20-21(13-16)27-23(26-20)22-18-5-3-4-6-19(18)28-29-22/h3-13H,14H2,1-2H3,(H,25,31)(H,26,27)(H,28,29). The van der Waals surface area contributed by atoms with Gasteiger partial charge in [-0.25, -0.2) is 4.98 Å². The van der Waals surface area contributed by atoms with Gasteiger partial charge in [-0.05, 0) is 42.0 Å². The summed E-state index contributed by atoms with van der Waals surface area (Å²) in [4.78, 5) is 22.7. The molecule has 7 nitrogen and oxygen atoms in total. The molecule has 0 spiro atoms. The Balaban J connectivity index is 1.35. The van der Waals surface area contributed by atoms with Gasteiger partial charge in [0.1, 0.15) is 5.69 Å². The van der Waals surface area contributed by atoms with Gasteiger partial charge in [-0.2, -0.15) is 5.10 Å². The first kappa shape index (κ1) is 18.9. The van der Waals surface area contributed by atoms with E-state index in [1.165, 1.54) is 0 Å². The SMILES string of the molecule is CN(C)c1ccc(CNC(=O)c2ccc3nc(-c4n[nH]c5ccccc45)[nH]c3c2)cc1. The summed E-state index contributed by atoms with van der Waals surface area (Å²) in [6.45, 7) is 0.470. The summed E-state index contributed by atoms with van der Waals surface area (Å²) in [7, 11) is 4.00. The topological polar surface area (TPSA) is 89.7 Å². The van der Waals surface area contributed by atoms with Crippen LogP contribution in [-0.2, 0) is 6.54 Å². The van der Waals surface area contributed by atoms with E-state index in [1.54, 1.807) is 6.07 Å². The van der Waals surface area contributed by atoms with E-state index in [1.807, 2.05) is 79.7 Å². The number of H-pyrrole nitrogens is 2. The zero-order valence-electron chi connectivity index (χ0n) is 17.3. The van der Waals surface area contributed by atoms with Gasteiger partial charge in [0.25, 0.3) is 5.91 Å². The van der Waals surface area contributed by atoms with Crippen LogP contribution in [0.25, 0.3) is 33.5 Å². The number of aromatic amines is 2. The predicted molar refractivity (Wildman–Crippen MR) is 123 cm³/mol. The maximum atomic E-state index is 12.7. The molecule has 7 heteroatoms. The fourth-order valence-corrected chi connectivity index (χ4v) is 3.60. The van der Waals surface area contributed by atoms with Crippen molar-refractivity contribution in [3.63, 3.8) is 0 Å². The molecule has 0 saturated heterocycles. The van der Waals surface area contributed by atoms with Gasteiger partial charge in [0.05, 0.1) is 16.6 Å². The second-order valence-corrected chi connectivity index (χ2v) is 7.68. The molecule has 3 aromatic carbocycles. The van der Waals surface area contributed by atoms with Crippen LogP contribution in [0, 0.1) is 0 Å². The molecule has 1 amide bonds. The first-order chi connectivity index (χ1) is 15.1. The highest BCUT2D eigenvalue weighted by atomic mass is 16.1. The molecule has 0 aliphatic rings. The molecule has 5 aromatic rings. The second-order valence-electron chi connectivity index (χ2n) is 7.68. The summed E-state index contributed by atoms with van der Waals surface area (Å²) in [5.41, 5.74) is 6.06. The molecule has 0 saturated carbocycles. The van der Waals surface area contributed by atoms with Crippen LogP contribution in [-0.4, -0.2) is 40.2 Å². The fraction of sp³-hybridized carbons (Fsp3) is 0.125. The molecule has 0 radical (unpaired) electrons. The quantitative estimate of drug-likeness (QED) is 0.407. The minimum atomic E-state index is -0.125. The van der Waals surface area contributed by atoms with Gasteiger partial charge in [0.15, 0.2) is 5.82 Å². The van der Waals surface area contributed by atoms with Crippen molar-refractivity contribution in [3.05, 3.63) is 77.9 Å². The van der Waals surface area contributed by atoms with Crippen molar-refractivity contribution in [2.75, 3.05) is 19.0 Å². The number of fused-ring (bicyclic) bond motifs is 2. The van der Waals surface area contributed by atoms with Crippen molar-refractivity contribution in [2.24, 2.45) is 0 Å². The minimum absolute atomic E-state index is 0.125. The van der Waals surface area contributed by atoms with Gasteiger partial charge in [-0.1, -0.05) is 30.3 Å². The molecule has 0 aliphatic carbocycles. The molecule has 154 valence electrons. The first-order valence-electron chi connectivity index (χ1n) is 10.1. The van der Waals surface area contributed by atoms with E-state index in [0.717, 1.165) is 38.9 Å². The molecule has 2 heterocycles. The normalized spacial score (nSPS) is 11.2. The van der Waals surface area contributed by atoms with Gasteiger partial charge in [0, 0.05) is 37.3 Å². The Bertz CT molecular complexity index is 1380. The summed E-state index contributed by atoms with van der Waals surface area (Å²) < 4.78 is 0. The monoisotopic (exact) mass is 410 g/mol. The van der Waals surface area contributed by atoms with Crippen LogP contribution in [0.15, 0.2) is 66.7 Å². The summed E-state index contributed by atoms with van der Waals surface area (Å²) in [5.74, 6) is 0.547. The third-order valence-corrected chi connectivity index (χ3v) is 5.34. The molecule has 31 heavy (non-hydrogen) atoms. The summed E-state index contributed by atoms with van der Waals surface area (Å²) in [5, 5.41) is 11.4. The maximum Gasteiger partial charge on any atom is 0.251 e. The Morgan fingerprint density at radius 2 is 1.81 bits per heavy atom. The van der Waals surface area contributed by atoms with Crippen LogP contribution in [0.2, 0.25) is 0 Å². The van der Waals surface area contributed by atoms with Gasteiger partial charge in [0.2, 0.25) is 0 Å². The van der Waals surface area contributed by atoms with E-state index < -0.39 is 0 Å². The molecule has 5 rings (SSSR count). The van der Waals surface area contributed by atoms with Crippen LogP contribution >= 0.6 is 0 Å². The summed E-state index contributed by atoms with van der Waals surface area (Å²) in [6.07, 6.45) is 0. The highest BCUT2D eigenvalue weighted by Crippen LogP contribution is 2.26. The lowest BCUT2D eigenvalue weighted by Crippen LogP contribution is -2.22. The van der Waals surface area contributed by atoms with Crippen LogP contribution in [0.4, 0.5) is 5.69 Å². The summed E-state index contributed by atoms with van der Waals surface area (Å²) in [6, 6.07) is 21.5. The molecule has 0 aliphatic heterocycles. The highest BCUT2D eigenvalue weighted by molar-refractivity contribution is 5.98. The zero-order chi connectivity index (χ0) is 21.4. The van der Waals surface area contributed by atoms with Crippen molar-refractivity contribution >= 4 is 33.5 Å². The molecule has 2 aromatic heterocycles. The van der Waals surface area contributed by atoms with Crippen molar-refractivity contribution in [1.29, 1.82) is 0 Å². The lowest BCUT2D eigenvalue weighted by atomic mass is 10.1. The van der Waals surface area contributed by atoms with Crippen molar-refractivity contribution in [3.8, 4) is 11.5 Å². The third-order valence-electron chi connectivity index (χ3n) is 5.34. The number of imidazole rings is 1. The van der Waals surface area contributed by atoms with E-state index in [0.29, 0.717) is 17.9 Å². The molecule has 3 N–H and O–H groups in total. The molecular weight excluding hydrogens is 388 g/mol. The number of hydrogen-bond acceptors (Lipinski definition) is 4. The number of benzene rings is 3. The van der Waals surface area contributed by atoms with Gasteiger partial charge >= 0.3 is 0 Å². The van der Waals surface area contributed by atoms with Gasteiger partial charge in [-0.15, -0.1) is 0 Å². The lowest BCUT2D eigenvalue weighted by molar-refractivity contribution is 0.0951. The Kier molecular flexibility index (Phi) is 4.63. The van der Waals surface area contributed by atoms with Crippen LogP contribution in [0.1, 0.15) is 15.9 Å². The minimum Gasteiger partial charge on any atom is -0.378 e. The number of para-hydroxylation sites is 1. The van der Waals surface area contributed by atoms with E-state index in [2.05, 4.69) is 25.5 Å². The van der Waals surface area contributed by atoms with E-state index >= 15 is 0 Å². The molecule has 0 unspecified atom stereocenters. The van der Waals surface area contributed by atoms with Crippen molar-refractivity contribution < 1.29 is 4.79 Å². The molecule has 0 atom stereocenters. The van der Waals surface area contributed by atoms with Crippen LogP contribution < -0.4 is 10.2 Å². The third kappa shape index (κ3) is 3.61. The Labute approximate surface area is 179 Å². The van der Waals surface area contributed by atoms with E-state index in [-0.39, 0.29) is 5.91 Å². The molecule has 0 bridgehead atoms. The lowest BCUT2D eigenvalue weighted by Gasteiger charge is -2.13. The van der Waals surface area contributed by atoms with Crippen LogP contribution in [0.5, 0.6) is 0 Å². The Morgan fingerprint density at radius 3 is 2.61 bits per heavy atom. The van der Waals surface area contributed by atoms with Gasteiger partial charge in [-0.3, -0.25) is 9.89 Å². The Hall–Kier alpha value is -4.13. The van der Waals surface area contributed by atoms with E-state index in [9.17, 15) is 4.79 Å². The number of hydrogen-bond donors (Lipinski definition) is 3. The number of amides is 1.